The van der Waals surface area contributed by atoms with E-state index < -0.39 is 0 Å². The zero-order chi connectivity index (χ0) is 12.3. The molecule has 3 nitrogen and oxygen atoms in total. The normalized spacial score (nSPS) is 10.0. The predicted molar refractivity (Wildman–Crippen MR) is 69.0 cm³/mol. The molecule has 4 heteroatoms. The van der Waals surface area contributed by atoms with Gasteiger partial charge in [-0.15, -0.1) is 11.3 Å². The molecule has 0 bridgehead atoms. The topological polar surface area (TPSA) is 38.7 Å². The molecule has 0 fully saturated rings. The van der Waals surface area contributed by atoms with E-state index in [1.165, 1.54) is 0 Å². The van der Waals surface area contributed by atoms with E-state index >= 15 is 0 Å². The van der Waals surface area contributed by atoms with Gasteiger partial charge in [0.1, 0.15) is 0 Å². The zero-order valence-electron chi connectivity index (χ0n) is 10.1. The zero-order valence-corrected chi connectivity index (χ0v) is 10.9. The Morgan fingerprint density at radius 1 is 1.35 bits per heavy atom. The van der Waals surface area contributed by atoms with Crippen LogP contribution >= 0.6 is 11.3 Å². The van der Waals surface area contributed by atoms with Crippen LogP contribution in [0.25, 0.3) is 0 Å². The van der Waals surface area contributed by atoms with E-state index in [0.717, 1.165) is 17.0 Å². The number of rotatable bonds is 7. The van der Waals surface area contributed by atoms with Crippen LogP contribution in [0, 0.1) is 11.8 Å². The summed E-state index contributed by atoms with van der Waals surface area (Å²) in [6, 6.07) is 1.98. The highest BCUT2D eigenvalue weighted by atomic mass is 32.1. The van der Waals surface area contributed by atoms with Crippen LogP contribution in [-0.2, 0) is 16.1 Å². The molecule has 0 aliphatic rings. The van der Waals surface area contributed by atoms with Crippen molar-refractivity contribution < 1.29 is 14.6 Å². The Morgan fingerprint density at radius 2 is 2.18 bits per heavy atom. The largest absolute Gasteiger partial charge is 0.395 e. The molecule has 17 heavy (non-hydrogen) atoms. The van der Waals surface area contributed by atoms with Gasteiger partial charge < -0.3 is 14.6 Å². The highest BCUT2D eigenvalue weighted by Crippen LogP contribution is 2.16. The van der Waals surface area contributed by atoms with Crippen LogP contribution in [-0.4, -0.2) is 31.5 Å². The second kappa shape index (κ2) is 9.20. The van der Waals surface area contributed by atoms with Crippen molar-refractivity contribution in [3.63, 3.8) is 0 Å². The Kier molecular flexibility index (Phi) is 7.69. The molecular weight excluding hydrogens is 236 g/mol. The minimum Gasteiger partial charge on any atom is -0.395 e. The van der Waals surface area contributed by atoms with Gasteiger partial charge in [-0.2, -0.15) is 0 Å². The van der Waals surface area contributed by atoms with Gasteiger partial charge >= 0.3 is 0 Å². The quantitative estimate of drug-likeness (QED) is 0.598. The molecule has 0 aliphatic heterocycles. The maximum absolute atomic E-state index is 8.65. The second-order valence-electron chi connectivity index (χ2n) is 3.28. The van der Waals surface area contributed by atoms with Crippen molar-refractivity contribution >= 4 is 11.3 Å². The third-order valence-electron chi connectivity index (χ3n) is 2.01. The van der Waals surface area contributed by atoms with Crippen molar-refractivity contribution in [3.05, 3.63) is 21.9 Å². The molecule has 0 saturated heterocycles. The van der Waals surface area contributed by atoms with Crippen molar-refractivity contribution in [1.82, 2.24) is 0 Å². The fourth-order valence-electron chi connectivity index (χ4n) is 1.20. The van der Waals surface area contributed by atoms with Crippen LogP contribution in [0.15, 0.2) is 11.4 Å². The summed E-state index contributed by atoms with van der Waals surface area (Å²) in [5.74, 6) is 5.95. The molecular formula is C13H18O3S. The van der Waals surface area contributed by atoms with E-state index in [9.17, 15) is 0 Å². The molecule has 0 unspecified atom stereocenters. The molecule has 1 aromatic rings. The average Bonchev–Trinajstić information content (AvgIpc) is 2.77. The Morgan fingerprint density at radius 3 is 2.94 bits per heavy atom. The number of hydrogen-bond acceptors (Lipinski definition) is 4. The summed E-state index contributed by atoms with van der Waals surface area (Å²) in [6.45, 7) is 4.61. The molecule has 0 atom stereocenters. The lowest BCUT2D eigenvalue weighted by Gasteiger charge is -2.03. The van der Waals surface area contributed by atoms with Crippen LogP contribution in [0.5, 0.6) is 0 Å². The van der Waals surface area contributed by atoms with Crippen molar-refractivity contribution in [1.29, 1.82) is 0 Å². The lowest BCUT2D eigenvalue weighted by Crippen LogP contribution is -2.03. The molecule has 0 aliphatic carbocycles. The number of aliphatic hydroxyl groups excluding tert-OH is 1. The second-order valence-corrected chi connectivity index (χ2v) is 4.28. The van der Waals surface area contributed by atoms with Crippen LogP contribution in [0.1, 0.15) is 23.8 Å². The smallest absolute Gasteiger partial charge is 0.0823 e. The van der Waals surface area contributed by atoms with Crippen LogP contribution in [0.3, 0.4) is 0 Å². The maximum Gasteiger partial charge on any atom is 0.0823 e. The fourth-order valence-corrected chi connectivity index (χ4v) is 1.97. The third-order valence-corrected chi connectivity index (χ3v) is 2.91. The van der Waals surface area contributed by atoms with E-state index in [-0.39, 0.29) is 6.61 Å². The van der Waals surface area contributed by atoms with Gasteiger partial charge in [0, 0.05) is 23.5 Å². The van der Waals surface area contributed by atoms with E-state index in [2.05, 4.69) is 11.8 Å². The predicted octanol–water partition coefficient (Wildman–Crippen LogP) is 2.04. The van der Waals surface area contributed by atoms with Crippen LogP contribution < -0.4 is 0 Å². The Labute approximate surface area is 106 Å². The summed E-state index contributed by atoms with van der Waals surface area (Å²) in [5, 5.41) is 10.7. The SMILES string of the molecule is CCOCCOCc1sccc1C#CCCO. The van der Waals surface area contributed by atoms with E-state index in [0.29, 0.717) is 26.2 Å². The summed E-state index contributed by atoms with van der Waals surface area (Å²) >= 11 is 1.64. The van der Waals surface area contributed by atoms with Crippen LogP contribution in [0.4, 0.5) is 0 Å². The fraction of sp³-hybridized carbons (Fsp3) is 0.538. The first-order valence-corrected chi connectivity index (χ1v) is 6.58. The van der Waals surface area contributed by atoms with Crippen molar-refractivity contribution in [2.24, 2.45) is 0 Å². The number of aliphatic hydroxyl groups is 1. The standard InChI is InChI=1S/C13H18O3S/c1-2-15-8-9-16-11-13-12(6-10-17-13)5-3-4-7-14/h6,10,14H,2,4,7-9,11H2,1H3. The third kappa shape index (κ3) is 5.85. The minimum atomic E-state index is 0.108. The maximum atomic E-state index is 8.65. The highest BCUT2D eigenvalue weighted by Gasteiger charge is 2.01. The molecule has 0 saturated carbocycles. The van der Waals surface area contributed by atoms with E-state index in [1.807, 2.05) is 18.4 Å². The van der Waals surface area contributed by atoms with Gasteiger partial charge in [0.05, 0.1) is 26.4 Å². The first-order valence-electron chi connectivity index (χ1n) is 5.70. The van der Waals surface area contributed by atoms with E-state index in [1.54, 1.807) is 11.3 Å². The van der Waals surface area contributed by atoms with Gasteiger partial charge in [0.2, 0.25) is 0 Å². The molecule has 1 heterocycles. The van der Waals surface area contributed by atoms with Gasteiger partial charge in [-0.3, -0.25) is 0 Å². The molecule has 0 spiro atoms. The minimum absolute atomic E-state index is 0.108. The summed E-state index contributed by atoms with van der Waals surface area (Å²) in [7, 11) is 0. The van der Waals surface area contributed by atoms with Crippen molar-refractivity contribution in [2.75, 3.05) is 26.4 Å². The van der Waals surface area contributed by atoms with Gasteiger partial charge in [-0.1, -0.05) is 11.8 Å². The summed E-state index contributed by atoms with van der Waals surface area (Å²) in [4.78, 5) is 1.13. The molecule has 0 aromatic carbocycles. The summed E-state index contributed by atoms with van der Waals surface area (Å²) in [6.07, 6.45) is 0.514. The molecule has 0 radical (unpaired) electrons. The molecule has 1 rings (SSSR count). The molecule has 94 valence electrons. The van der Waals surface area contributed by atoms with Crippen LogP contribution in [0.2, 0.25) is 0 Å². The number of ether oxygens (including phenoxy) is 2. The van der Waals surface area contributed by atoms with Gasteiger partial charge in [0.25, 0.3) is 0 Å². The number of hydrogen-bond donors (Lipinski definition) is 1. The Bertz CT molecular complexity index is 362. The van der Waals surface area contributed by atoms with Gasteiger partial charge in [-0.05, 0) is 18.4 Å². The first kappa shape index (κ1) is 14.2. The first-order chi connectivity index (χ1) is 8.38. The van der Waals surface area contributed by atoms with Crippen molar-refractivity contribution in [2.45, 2.75) is 20.0 Å². The molecule has 0 amide bonds. The lowest BCUT2D eigenvalue weighted by atomic mass is 10.2. The highest BCUT2D eigenvalue weighted by molar-refractivity contribution is 7.10. The Hall–Kier alpha value is -0.860. The average molecular weight is 254 g/mol. The lowest BCUT2D eigenvalue weighted by molar-refractivity contribution is 0.0462. The van der Waals surface area contributed by atoms with Crippen molar-refractivity contribution in [3.8, 4) is 11.8 Å². The van der Waals surface area contributed by atoms with Gasteiger partial charge in [0.15, 0.2) is 0 Å². The van der Waals surface area contributed by atoms with E-state index in [4.69, 9.17) is 14.6 Å². The van der Waals surface area contributed by atoms with Gasteiger partial charge in [-0.25, -0.2) is 0 Å². The summed E-state index contributed by atoms with van der Waals surface area (Å²) < 4.78 is 10.7. The molecule has 1 N–H and O–H groups in total. The summed E-state index contributed by atoms with van der Waals surface area (Å²) in [5.41, 5.74) is 1.000. The Balaban J connectivity index is 2.33. The molecule has 1 aromatic heterocycles. The monoisotopic (exact) mass is 254 g/mol. The number of thiophene rings is 1.